The highest BCUT2D eigenvalue weighted by molar-refractivity contribution is 7.09. The van der Waals surface area contributed by atoms with Crippen LogP contribution in [0.15, 0.2) is 11.7 Å². The summed E-state index contributed by atoms with van der Waals surface area (Å²) in [6.45, 7) is 5.49. The Morgan fingerprint density at radius 2 is 2.11 bits per heavy atom. The van der Waals surface area contributed by atoms with E-state index >= 15 is 0 Å². The Labute approximate surface area is 115 Å². The first-order valence-electron chi connectivity index (χ1n) is 6.18. The van der Waals surface area contributed by atoms with Crippen molar-refractivity contribution in [3.05, 3.63) is 16.6 Å². The van der Waals surface area contributed by atoms with E-state index in [1.807, 2.05) is 20.0 Å². The quantitative estimate of drug-likeness (QED) is 0.854. The first-order chi connectivity index (χ1) is 8.76. The highest BCUT2D eigenvalue weighted by atomic mass is 32.1. The number of aromatic nitrogens is 1. The fourth-order valence-corrected chi connectivity index (χ4v) is 3.09. The van der Waals surface area contributed by atoms with Crippen LogP contribution in [0, 0.1) is 0 Å². The fraction of sp³-hybridized carbons (Fsp3) is 0.750. The Balaban J connectivity index is 1.96. The lowest BCUT2D eigenvalue weighted by Crippen LogP contribution is -2.59. The Hall–Kier alpha value is -0.660. The molecule has 0 saturated carbocycles. The van der Waals surface area contributed by atoms with Crippen LogP contribution in [0.2, 0.25) is 0 Å². The van der Waals surface area contributed by atoms with Crippen molar-refractivity contribution in [1.29, 1.82) is 0 Å². The number of thiazole rings is 1. The smallest absolute Gasteiger partial charge is 0.292 e. The normalized spacial score (nSPS) is 21.7. The van der Waals surface area contributed by atoms with Crippen LogP contribution in [0.25, 0.3) is 0 Å². The molecule has 2 rings (SSSR count). The molecule has 0 unspecified atom stereocenters. The van der Waals surface area contributed by atoms with Gasteiger partial charge in [-0.05, 0) is 13.8 Å². The van der Waals surface area contributed by atoms with E-state index in [-0.39, 0.29) is 5.54 Å². The number of hydrogen-bond donors (Lipinski definition) is 0. The minimum atomic E-state index is -4.12. The molecule has 19 heavy (non-hydrogen) atoms. The molecular formula is C12H18F3N3S. The third kappa shape index (κ3) is 4.15. The largest absolute Gasteiger partial charge is 0.401 e. The lowest BCUT2D eigenvalue weighted by Gasteiger charge is -2.47. The molecule has 0 bridgehead atoms. The molecule has 108 valence electrons. The average molecular weight is 293 g/mol. The van der Waals surface area contributed by atoms with Crippen molar-refractivity contribution in [3.63, 3.8) is 0 Å². The van der Waals surface area contributed by atoms with Gasteiger partial charge in [-0.3, -0.25) is 14.8 Å². The third-order valence-electron chi connectivity index (χ3n) is 3.39. The molecule has 1 aromatic heterocycles. The van der Waals surface area contributed by atoms with Crippen molar-refractivity contribution < 1.29 is 13.2 Å². The van der Waals surface area contributed by atoms with E-state index in [1.54, 1.807) is 16.8 Å². The van der Waals surface area contributed by atoms with E-state index < -0.39 is 12.7 Å². The molecule has 0 aromatic carbocycles. The molecule has 0 atom stereocenters. The highest BCUT2D eigenvalue weighted by Gasteiger charge is 2.38. The summed E-state index contributed by atoms with van der Waals surface area (Å²) < 4.78 is 37.3. The minimum absolute atomic E-state index is 0.256. The summed E-state index contributed by atoms with van der Waals surface area (Å²) in [6.07, 6.45) is -2.29. The molecule has 0 spiro atoms. The number of alkyl halides is 3. The maximum absolute atomic E-state index is 12.4. The van der Waals surface area contributed by atoms with Gasteiger partial charge in [-0.25, -0.2) is 0 Å². The van der Waals surface area contributed by atoms with E-state index in [4.69, 9.17) is 0 Å². The number of halogens is 3. The second-order valence-electron chi connectivity index (χ2n) is 5.53. The molecule has 0 N–H and O–H groups in total. The van der Waals surface area contributed by atoms with Crippen molar-refractivity contribution in [3.8, 4) is 0 Å². The van der Waals surface area contributed by atoms with Crippen LogP contribution in [0.3, 0.4) is 0 Å². The van der Waals surface area contributed by atoms with Crippen molar-refractivity contribution >= 4 is 11.3 Å². The summed E-state index contributed by atoms with van der Waals surface area (Å²) >= 11 is 1.58. The van der Waals surface area contributed by atoms with Crippen molar-refractivity contribution in [2.45, 2.75) is 32.1 Å². The van der Waals surface area contributed by atoms with Gasteiger partial charge in [-0.2, -0.15) is 13.2 Å². The highest BCUT2D eigenvalue weighted by Crippen LogP contribution is 2.26. The van der Waals surface area contributed by atoms with Gasteiger partial charge in [-0.1, -0.05) is 0 Å². The van der Waals surface area contributed by atoms with Gasteiger partial charge in [-0.15, -0.1) is 11.3 Å². The van der Waals surface area contributed by atoms with Crippen molar-refractivity contribution in [2.75, 3.05) is 26.2 Å². The zero-order valence-electron chi connectivity index (χ0n) is 11.1. The van der Waals surface area contributed by atoms with Crippen LogP contribution in [-0.4, -0.2) is 52.7 Å². The predicted molar refractivity (Wildman–Crippen MR) is 69.1 cm³/mol. The molecule has 0 aliphatic carbocycles. The average Bonchev–Trinajstić information content (AvgIpc) is 2.71. The molecule has 7 heteroatoms. The summed E-state index contributed by atoms with van der Waals surface area (Å²) in [5, 5.41) is 0. The number of nitrogens with zero attached hydrogens (tertiary/aromatic N) is 3. The first-order valence-corrected chi connectivity index (χ1v) is 7.06. The molecule has 1 saturated heterocycles. The SMILES string of the molecule is CC1(C)CN(CC(F)(F)F)CCN1Cc1cncs1. The molecular weight excluding hydrogens is 275 g/mol. The monoisotopic (exact) mass is 293 g/mol. The van der Waals surface area contributed by atoms with Crippen LogP contribution in [-0.2, 0) is 6.54 Å². The van der Waals surface area contributed by atoms with Gasteiger partial charge in [0.15, 0.2) is 0 Å². The van der Waals surface area contributed by atoms with Crippen molar-refractivity contribution in [1.82, 2.24) is 14.8 Å². The summed E-state index contributed by atoms with van der Waals surface area (Å²) in [4.78, 5) is 8.90. The van der Waals surface area contributed by atoms with E-state index in [0.29, 0.717) is 19.6 Å². The predicted octanol–water partition coefficient (Wildman–Crippen LogP) is 2.60. The second-order valence-corrected chi connectivity index (χ2v) is 6.50. The van der Waals surface area contributed by atoms with Gasteiger partial charge in [0.1, 0.15) is 0 Å². The third-order valence-corrected chi connectivity index (χ3v) is 4.15. The molecule has 2 heterocycles. The van der Waals surface area contributed by atoms with Crippen molar-refractivity contribution in [2.24, 2.45) is 0 Å². The van der Waals surface area contributed by atoms with E-state index in [0.717, 1.165) is 11.4 Å². The summed E-state index contributed by atoms with van der Waals surface area (Å²) in [6, 6.07) is 0. The first kappa shape index (κ1) is 14.7. The van der Waals surface area contributed by atoms with E-state index in [2.05, 4.69) is 9.88 Å². The number of piperazine rings is 1. The molecule has 1 fully saturated rings. The van der Waals surface area contributed by atoms with Gasteiger partial charge in [0, 0.05) is 42.8 Å². The van der Waals surface area contributed by atoms with Crippen LogP contribution >= 0.6 is 11.3 Å². The molecule has 1 aromatic rings. The van der Waals surface area contributed by atoms with Gasteiger partial charge in [0.25, 0.3) is 0 Å². The topological polar surface area (TPSA) is 19.4 Å². The van der Waals surface area contributed by atoms with Gasteiger partial charge < -0.3 is 0 Å². The van der Waals surface area contributed by atoms with Crippen LogP contribution in [0.4, 0.5) is 13.2 Å². The van der Waals surface area contributed by atoms with Gasteiger partial charge >= 0.3 is 6.18 Å². The van der Waals surface area contributed by atoms with Crippen LogP contribution in [0.1, 0.15) is 18.7 Å². The zero-order chi connectivity index (χ0) is 14.1. The Kier molecular flexibility index (Phi) is 4.17. The summed E-state index contributed by atoms with van der Waals surface area (Å²) in [5.74, 6) is 0. The molecule has 1 aliphatic heterocycles. The van der Waals surface area contributed by atoms with Crippen LogP contribution in [0.5, 0.6) is 0 Å². The van der Waals surface area contributed by atoms with Gasteiger partial charge in [0.2, 0.25) is 0 Å². The molecule has 0 amide bonds. The molecule has 0 radical (unpaired) electrons. The minimum Gasteiger partial charge on any atom is -0.292 e. The Morgan fingerprint density at radius 3 is 2.63 bits per heavy atom. The number of hydrogen-bond acceptors (Lipinski definition) is 4. The zero-order valence-corrected chi connectivity index (χ0v) is 11.9. The number of rotatable bonds is 3. The maximum Gasteiger partial charge on any atom is 0.401 e. The second kappa shape index (κ2) is 5.38. The standard InChI is InChI=1S/C12H18F3N3S/c1-11(2)7-17(8-12(13,14)15)3-4-18(11)6-10-5-16-9-19-10/h5,9H,3-4,6-8H2,1-2H3. The maximum atomic E-state index is 12.4. The Bertz CT molecular complexity index is 403. The summed E-state index contributed by atoms with van der Waals surface area (Å²) in [7, 11) is 0. The lowest BCUT2D eigenvalue weighted by molar-refractivity contribution is -0.155. The van der Waals surface area contributed by atoms with E-state index in [1.165, 1.54) is 4.90 Å². The van der Waals surface area contributed by atoms with Gasteiger partial charge in [0.05, 0.1) is 12.1 Å². The lowest BCUT2D eigenvalue weighted by atomic mass is 9.98. The summed E-state index contributed by atoms with van der Waals surface area (Å²) in [5.41, 5.74) is 1.52. The van der Waals surface area contributed by atoms with Crippen LogP contribution < -0.4 is 0 Å². The fourth-order valence-electron chi connectivity index (χ4n) is 2.48. The molecule has 3 nitrogen and oxygen atoms in total. The van der Waals surface area contributed by atoms with E-state index in [9.17, 15) is 13.2 Å². The molecule has 1 aliphatic rings. The Morgan fingerprint density at radius 1 is 1.37 bits per heavy atom.